The molecule has 0 unspecified atom stereocenters. The van der Waals surface area contributed by atoms with Crippen LogP contribution in [0.1, 0.15) is 12.8 Å². The van der Waals surface area contributed by atoms with E-state index in [0.29, 0.717) is 11.4 Å². The van der Waals surface area contributed by atoms with Gasteiger partial charge < -0.3 is 20.1 Å². The maximum Gasteiger partial charge on any atom is 0.308 e. The third kappa shape index (κ3) is 2.92. The van der Waals surface area contributed by atoms with Crippen molar-refractivity contribution < 1.29 is 14.3 Å². The highest BCUT2D eigenvalue weighted by Gasteiger charge is 2.25. The number of methoxy groups -OCH3 is 2. The van der Waals surface area contributed by atoms with Crippen molar-refractivity contribution in [1.82, 2.24) is 0 Å². The summed E-state index contributed by atoms with van der Waals surface area (Å²) in [7, 11) is 3.05. The highest BCUT2D eigenvalue weighted by molar-refractivity contribution is 5.73. The quantitative estimate of drug-likeness (QED) is 0.664. The van der Waals surface area contributed by atoms with Gasteiger partial charge in [0.05, 0.1) is 25.8 Å². The van der Waals surface area contributed by atoms with Crippen LogP contribution in [-0.4, -0.2) is 33.3 Å². The van der Waals surface area contributed by atoms with E-state index < -0.39 is 0 Å². The van der Waals surface area contributed by atoms with Crippen molar-refractivity contribution in [2.45, 2.75) is 12.8 Å². The van der Waals surface area contributed by atoms with Gasteiger partial charge in [0.1, 0.15) is 5.75 Å². The molecule has 0 amide bonds. The first-order valence-electron chi connectivity index (χ1n) is 6.42. The van der Waals surface area contributed by atoms with Crippen molar-refractivity contribution in [1.29, 1.82) is 0 Å². The van der Waals surface area contributed by atoms with Gasteiger partial charge in [0.2, 0.25) is 0 Å². The van der Waals surface area contributed by atoms with Gasteiger partial charge in [-0.1, -0.05) is 0 Å². The van der Waals surface area contributed by atoms with Crippen molar-refractivity contribution in [2.75, 3.05) is 37.9 Å². The molecule has 0 aliphatic carbocycles. The number of piperidine rings is 1. The Hall–Kier alpha value is -1.91. The Labute approximate surface area is 113 Å². The molecule has 0 spiro atoms. The van der Waals surface area contributed by atoms with Gasteiger partial charge in [0.25, 0.3) is 0 Å². The van der Waals surface area contributed by atoms with Crippen LogP contribution in [0.15, 0.2) is 18.2 Å². The normalized spacial score (nSPS) is 16.2. The second-order valence-corrected chi connectivity index (χ2v) is 4.71. The lowest BCUT2D eigenvalue weighted by Crippen LogP contribution is -2.36. The first-order chi connectivity index (χ1) is 9.15. The van der Waals surface area contributed by atoms with Gasteiger partial charge in [-0.3, -0.25) is 4.79 Å². The summed E-state index contributed by atoms with van der Waals surface area (Å²) in [6.07, 6.45) is 1.64. The molecule has 1 saturated heterocycles. The van der Waals surface area contributed by atoms with Crippen molar-refractivity contribution in [3.63, 3.8) is 0 Å². The van der Waals surface area contributed by atoms with Crippen molar-refractivity contribution in [3.05, 3.63) is 18.2 Å². The summed E-state index contributed by atoms with van der Waals surface area (Å²) in [5.74, 6) is 0.610. The second-order valence-electron chi connectivity index (χ2n) is 4.71. The lowest BCUT2D eigenvalue weighted by atomic mass is 9.96. The van der Waals surface area contributed by atoms with E-state index in [9.17, 15) is 4.79 Å². The maximum absolute atomic E-state index is 11.5. The first kappa shape index (κ1) is 13.5. The fourth-order valence-corrected chi connectivity index (χ4v) is 2.44. The number of rotatable bonds is 3. The van der Waals surface area contributed by atoms with Crippen molar-refractivity contribution in [2.24, 2.45) is 5.92 Å². The van der Waals surface area contributed by atoms with Gasteiger partial charge in [-0.05, 0) is 25.0 Å². The average Bonchev–Trinajstić information content (AvgIpc) is 2.47. The zero-order valence-corrected chi connectivity index (χ0v) is 11.4. The van der Waals surface area contributed by atoms with E-state index in [1.807, 2.05) is 18.2 Å². The molecular formula is C14H20N2O3. The molecule has 1 aromatic carbocycles. The Morgan fingerprint density at radius 3 is 2.58 bits per heavy atom. The zero-order valence-electron chi connectivity index (χ0n) is 11.4. The van der Waals surface area contributed by atoms with E-state index in [2.05, 4.69) is 4.90 Å². The molecule has 19 heavy (non-hydrogen) atoms. The molecule has 1 aliphatic heterocycles. The topological polar surface area (TPSA) is 64.8 Å². The minimum absolute atomic E-state index is 0.0249. The third-order valence-corrected chi connectivity index (χ3v) is 3.61. The predicted octanol–water partition coefficient (Wildman–Crippen LogP) is 1.67. The lowest BCUT2D eigenvalue weighted by molar-refractivity contribution is -0.146. The Morgan fingerprint density at radius 2 is 2.00 bits per heavy atom. The summed E-state index contributed by atoms with van der Waals surface area (Å²) in [5.41, 5.74) is 7.52. The van der Waals surface area contributed by atoms with E-state index in [1.54, 1.807) is 7.11 Å². The van der Waals surface area contributed by atoms with Gasteiger partial charge >= 0.3 is 5.97 Å². The number of nitrogen functional groups attached to an aromatic ring is 1. The van der Waals surface area contributed by atoms with Crippen LogP contribution in [0.2, 0.25) is 0 Å². The summed E-state index contributed by atoms with van der Waals surface area (Å²) < 4.78 is 10.0. The molecule has 5 nitrogen and oxygen atoms in total. The fourth-order valence-electron chi connectivity index (χ4n) is 2.44. The van der Waals surface area contributed by atoms with E-state index in [-0.39, 0.29) is 11.9 Å². The maximum atomic E-state index is 11.5. The van der Waals surface area contributed by atoms with Crippen LogP contribution >= 0.6 is 0 Å². The number of benzene rings is 1. The zero-order chi connectivity index (χ0) is 13.8. The van der Waals surface area contributed by atoms with E-state index in [0.717, 1.165) is 31.6 Å². The number of carbonyl (C=O) groups is 1. The summed E-state index contributed by atoms with van der Waals surface area (Å²) in [4.78, 5) is 13.7. The van der Waals surface area contributed by atoms with Crippen LogP contribution in [-0.2, 0) is 9.53 Å². The van der Waals surface area contributed by atoms with Gasteiger partial charge in [-0.25, -0.2) is 0 Å². The number of anilines is 2. The van der Waals surface area contributed by atoms with Gasteiger partial charge in [0, 0.05) is 24.8 Å². The molecule has 5 heteroatoms. The Bertz CT molecular complexity index is 454. The average molecular weight is 264 g/mol. The monoisotopic (exact) mass is 264 g/mol. The standard InChI is InChI=1S/C14H20N2O3/c1-18-13-9-11(3-4-12(13)15)16-7-5-10(6-8-16)14(17)19-2/h3-4,9-10H,5-8,15H2,1-2H3. The minimum Gasteiger partial charge on any atom is -0.495 e. The molecule has 0 saturated carbocycles. The van der Waals surface area contributed by atoms with Gasteiger partial charge in [-0.2, -0.15) is 0 Å². The molecule has 1 heterocycles. The summed E-state index contributed by atoms with van der Waals surface area (Å²) >= 11 is 0. The molecule has 1 aliphatic rings. The van der Waals surface area contributed by atoms with Gasteiger partial charge in [-0.15, -0.1) is 0 Å². The number of carbonyl (C=O) groups excluding carboxylic acids is 1. The van der Waals surface area contributed by atoms with Crippen LogP contribution in [0.3, 0.4) is 0 Å². The molecule has 2 N–H and O–H groups in total. The molecule has 1 aromatic rings. The molecular weight excluding hydrogens is 244 g/mol. The highest BCUT2D eigenvalue weighted by atomic mass is 16.5. The van der Waals surface area contributed by atoms with Crippen LogP contribution in [0.25, 0.3) is 0 Å². The molecule has 104 valence electrons. The Kier molecular flexibility index (Phi) is 4.14. The lowest BCUT2D eigenvalue weighted by Gasteiger charge is -2.32. The summed E-state index contributed by atoms with van der Waals surface area (Å²) in [5, 5.41) is 0. The summed E-state index contributed by atoms with van der Waals surface area (Å²) in [6, 6.07) is 5.77. The third-order valence-electron chi connectivity index (χ3n) is 3.61. The number of ether oxygens (including phenoxy) is 2. The van der Waals surface area contributed by atoms with Crippen LogP contribution < -0.4 is 15.4 Å². The van der Waals surface area contributed by atoms with Crippen molar-refractivity contribution >= 4 is 17.3 Å². The molecule has 1 fully saturated rings. The van der Waals surface area contributed by atoms with Gasteiger partial charge in [0.15, 0.2) is 0 Å². The SMILES string of the molecule is COC(=O)C1CCN(c2ccc(N)c(OC)c2)CC1. The number of nitrogens with two attached hydrogens (primary N) is 1. The van der Waals surface area contributed by atoms with Crippen LogP contribution in [0.5, 0.6) is 5.75 Å². The number of hydrogen-bond donors (Lipinski definition) is 1. The number of hydrogen-bond acceptors (Lipinski definition) is 5. The predicted molar refractivity (Wildman–Crippen MR) is 74.4 cm³/mol. The number of esters is 1. The van der Waals surface area contributed by atoms with E-state index in [4.69, 9.17) is 15.2 Å². The first-order valence-corrected chi connectivity index (χ1v) is 6.42. The highest BCUT2D eigenvalue weighted by Crippen LogP contribution is 2.30. The molecule has 0 bridgehead atoms. The van der Waals surface area contributed by atoms with E-state index in [1.165, 1.54) is 7.11 Å². The minimum atomic E-state index is -0.102. The van der Waals surface area contributed by atoms with Crippen LogP contribution in [0, 0.1) is 5.92 Å². The number of nitrogens with zero attached hydrogens (tertiary/aromatic N) is 1. The second kappa shape index (κ2) is 5.82. The van der Waals surface area contributed by atoms with Crippen LogP contribution in [0.4, 0.5) is 11.4 Å². The molecule has 0 radical (unpaired) electrons. The fraction of sp³-hybridized carbons (Fsp3) is 0.500. The largest absolute Gasteiger partial charge is 0.495 e. The molecule has 2 rings (SSSR count). The Morgan fingerprint density at radius 1 is 1.32 bits per heavy atom. The Balaban J connectivity index is 2.03. The van der Waals surface area contributed by atoms with Crippen molar-refractivity contribution in [3.8, 4) is 5.75 Å². The summed E-state index contributed by atoms with van der Waals surface area (Å²) in [6.45, 7) is 1.68. The van der Waals surface area contributed by atoms with E-state index >= 15 is 0 Å². The smallest absolute Gasteiger partial charge is 0.308 e. The molecule has 0 atom stereocenters. The molecule has 0 aromatic heterocycles.